The molecule has 170 valence electrons. The molecule has 0 aliphatic heterocycles. The lowest BCUT2D eigenvalue weighted by Crippen LogP contribution is -2.50. The van der Waals surface area contributed by atoms with E-state index in [4.69, 9.17) is 0 Å². The van der Waals surface area contributed by atoms with E-state index >= 15 is 0 Å². The maximum absolute atomic E-state index is 14.4. The summed E-state index contributed by atoms with van der Waals surface area (Å²) in [6.07, 6.45) is -9.17. The summed E-state index contributed by atoms with van der Waals surface area (Å²) in [6, 6.07) is 8.74. The largest absolute Gasteiger partial charge is 0.435 e. The number of hydrogen-bond donors (Lipinski definition) is 1. The van der Waals surface area contributed by atoms with Gasteiger partial charge in [-0.15, -0.1) is 0 Å². The van der Waals surface area contributed by atoms with Crippen molar-refractivity contribution in [2.45, 2.75) is 31.9 Å². The third kappa shape index (κ3) is 4.06. The van der Waals surface area contributed by atoms with Crippen LogP contribution in [0.4, 0.5) is 36.4 Å². The van der Waals surface area contributed by atoms with Crippen LogP contribution in [0.1, 0.15) is 27.0 Å². The molecular formula is C21H16F7N3O. The van der Waals surface area contributed by atoms with Crippen molar-refractivity contribution in [3.8, 4) is 5.69 Å². The first-order chi connectivity index (χ1) is 14.8. The maximum Gasteiger partial charge on any atom is 0.435 e. The van der Waals surface area contributed by atoms with E-state index in [-0.39, 0.29) is 22.4 Å². The fraction of sp³-hybridized carbons (Fsp3) is 0.238. The summed E-state index contributed by atoms with van der Waals surface area (Å²) in [5.41, 5.74) is -6.61. The second kappa shape index (κ2) is 7.95. The first-order valence-corrected chi connectivity index (χ1v) is 9.11. The molecule has 2 aromatic carbocycles. The molecule has 0 aliphatic carbocycles. The number of amides is 1. The normalized spacial score (nSPS) is 12.7. The molecule has 1 heterocycles. The van der Waals surface area contributed by atoms with Crippen molar-refractivity contribution in [3.05, 3.63) is 77.1 Å². The highest BCUT2D eigenvalue weighted by molar-refractivity contribution is 6.05. The molecule has 0 saturated carbocycles. The zero-order chi connectivity index (χ0) is 23.9. The van der Waals surface area contributed by atoms with Gasteiger partial charge in [0.05, 0.1) is 5.69 Å². The van der Waals surface area contributed by atoms with Crippen LogP contribution in [0.3, 0.4) is 0 Å². The van der Waals surface area contributed by atoms with Gasteiger partial charge in [-0.3, -0.25) is 4.79 Å². The third-order valence-electron chi connectivity index (χ3n) is 4.85. The molecule has 32 heavy (non-hydrogen) atoms. The monoisotopic (exact) mass is 459 g/mol. The quantitative estimate of drug-likeness (QED) is 0.485. The van der Waals surface area contributed by atoms with Gasteiger partial charge in [0.2, 0.25) is 0 Å². The van der Waals surface area contributed by atoms with Gasteiger partial charge in [0, 0.05) is 29.2 Å². The number of nitrogens with zero attached hydrogens (tertiary/aromatic N) is 2. The van der Waals surface area contributed by atoms with Crippen LogP contribution in [-0.2, 0) is 5.67 Å². The molecule has 0 fully saturated rings. The number of hydrogen-bond acceptors (Lipinski definition) is 2. The summed E-state index contributed by atoms with van der Waals surface area (Å²) in [6.45, 7) is 2.36. The SMILES string of the molecule is Cc1cc(C(F)(C(F)(F)F)C(F)(F)F)cc(C)c1NC(=O)c1ccc(-n2cccn2)cc1. The van der Waals surface area contributed by atoms with Gasteiger partial charge in [0.25, 0.3) is 5.91 Å². The zero-order valence-electron chi connectivity index (χ0n) is 16.6. The van der Waals surface area contributed by atoms with E-state index in [1.807, 2.05) is 0 Å². The Hall–Kier alpha value is -3.37. The highest BCUT2D eigenvalue weighted by atomic mass is 19.4. The molecule has 0 spiro atoms. The van der Waals surface area contributed by atoms with Gasteiger partial charge in [-0.05, 0) is 55.3 Å². The van der Waals surface area contributed by atoms with Crippen LogP contribution in [0.25, 0.3) is 5.69 Å². The Morgan fingerprint density at radius 3 is 1.88 bits per heavy atom. The number of nitrogens with one attached hydrogen (secondary N) is 1. The van der Waals surface area contributed by atoms with E-state index in [1.165, 1.54) is 26.0 Å². The van der Waals surface area contributed by atoms with Crippen molar-refractivity contribution in [2.75, 3.05) is 5.32 Å². The lowest BCUT2D eigenvalue weighted by atomic mass is 9.90. The van der Waals surface area contributed by atoms with E-state index in [1.54, 1.807) is 35.3 Å². The standard InChI is InChI=1S/C21H16F7N3O/c1-12-10-15(19(22,20(23,24)25)21(26,27)28)11-13(2)17(12)30-18(32)14-4-6-16(7-5-14)31-9-3-8-29-31/h3-11H,1-2H3,(H,30,32). The van der Waals surface area contributed by atoms with Gasteiger partial charge < -0.3 is 5.32 Å². The Morgan fingerprint density at radius 1 is 0.906 bits per heavy atom. The average molecular weight is 459 g/mol. The van der Waals surface area contributed by atoms with Gasteiger partial charge in [-0.1, -0.05) is 12.1 Å². The maximum atomic E-state index is 14.4. The summed E-state index contributed by atoms with van der Waals surface area (Å²) in [5.74, 6) is -0.644. The molecule has 0 atom stereocenters. The molecule has 1 N–H and O–H groups in total. The number of carbonyl (C=O) groups excluding carboxylic acids is 1. The van der Waals surface area contributed by atoms with E-state index < -0.39 is 29.5 Å². The molecule has 3 aromatic rings. The van der Waals surface area contributed by atoms with E-state index in [2.05, 4.69) is 10.4 Å². The van der Waals surface area contributed by atoms with E-state index in [9.17, 15) is 35.5 Å². The Morgan fingerprint density at radius 2 is 1.44 bits per heavy atom. The molecule has 0 aliphatic rings. The van der Waals surface area contributed by atoms with Crippen LogP contribution in [0, 0.1) is 13.8 Å². The number of halogens is 7. The number of benzene rings is 2. The number of carbonyl (C=O) groups is 1. The lowest BCUT2D eigenvalue weighted by Gasteiger charge is -2.31. The van der Waals surface area contributed by atoms with Crippen LogP contribution >= 0.6 is 0 Å². The second-order valence-electron chi connectivity index (χ2n) is 7.09. The molecule has 0 saturated heterocycles. The molecule has 0 radical (unpaired) electrons. The summed E-state index contributed by atoms with van der Waals surface area (Å²) < 4.78 is 94.2. The fourth-order valence-electron chi connectivity index (χ4n) is 3.22. The molecule has 0 unspecified atom stereocenters. The van der Waals surface area contributed by atoms with Gasteiger partial charge in [-0.25, -0.2) is 9.07 Å². The second-order valence-corrected chi connectivity index (χ2v) is 7.09. The minimum absolute atomic E-state index is 0.0124. The minimum atomic E-state index is -6.22. The van der Waals surface area contributed by atoms with Crippen molar-refractivity contribution in [1.29, 1.82) is 0 Å². The Bertz CT molecular complexity index is 1080. The van der Waals surface area contributed by atoms with Crippen molar-refractivity contribution in [1.82, 2.24) is 9.78 Å². The summed E-state index contributed by atoms with van der Waals surface area (Å²) in [7, 11) is 0. The Labute approximate surface area is 177 Å². The predicted octanol–water partition coefficient (Wildman–Crippen LogP) is 6.03. The molecule has 11 heteroatoms. The molecule has 1 aromatic heterocycles. The zero-order valence-corrected chi connectivity index (χ0v) is 16.6. The number of rotatable bonds is 4. The number of aromatic nitrogens is 2. The molecule has 3 rings (SSSR count). The van der Waals surface area contributed by atoms with Crippen LogP contribution in [0.2, 0.25) is 0 Å². The number of aryl methyl sites for hydroxylation is 2. The first-order valence-electron chi connectivity index (χ1n) is 9.11. The smallest absolute Gasteiger partial charge is 0.322 e. The van der Waals surface area contributed by atoms with Crippen LogP contribution in [0.5, 0.6) is 0 Å². The van der Waals surface area contributed by atoms with Gasteiger partial charge in [0.15, 0.2) is 0 Å². The highest BCUT2D eigenvalue weighted by Gasteiger charge is 2.73. The van der Waals surface area contributed by atoms with Crippen molar-refractivity contribution >= 4 is 11.6 Å². The summed E-state index contributed by atoms with van der Waals surface area (Å²) in [5, 5.41) is 6.50. The Balaban J connectivity index is 1.91. The van der Waals surface area contributed by atoms with E-state index in [0.29, 0.717) is 17.8 Å². The predicted molar refractivity (Wildman–Crippen MR) is 102 cm³/mol. The lowest BCUT2D eigenvalue weighted by molar-refractivity contribution is -0.348. The van der Waals surface area contributed by atoms with Crippen molar-refractivity contribution in [3.63, 3.8) is 0 Å². The van der Waals surface area contributed by atoms with Gasteiger partial charge in [-0.2, -0.15) is 31.4 Å². The Kier molecular flexibility index (Phi) is 5.79. The van der Waals surface area contributed by atoms with Crippen LogP contribution in [-0.4, -0.2) is 28.0 Å². The average Bonchev–Trinajstić information content (AvgIpc) is 3.23. The number of alkyl halides is 7. The van der Waals surface area contributed by atoms with Crippen molar-refractivity contribution < 1.29 is 35.5 Å². The molecule has 0 bridgehead atoms. The minimum Gasteiger partial charge on any atom is -0.322 e. The van der Waals surface area contributed by atoms with Crippen LogP contribution in [0.15, 0.2) is 54.9 Å². The van der Waals surface area contributed by atoms with Gasteiger partial charge >= 0.3 is 18.0 Å². The van der Waals surface area contributed by atoms with Crippen molar-refractivity contribution in [2.24, 2.45) is 0 Å². The molecule has 1 amide bonds. The van der Waals surface area contributed by atoms with Gasteiger partial charge in [0.1, 0.15) is 0 Å². The summed E-state index contributed by atoms with van der Waals surface area (Å²) in [4.78, 5) is 12.5. The van der Waals surface area contributed by atoms with Crippen LogP contribution < -0.4 is 5.32 Å². The van der Waals surface area contributed by atoms with E-state index in [0.717, 1.165) is 0 Å². The summed E-state index contributed by atoms with van der Waals surface area (Å²) >= 11 is 0. The highest BCUT2D eigenvalue weighted by Crippen LogP contribution is 2.53. The molecule has 4 nitrogen and oxygen atoms in total. The fourth-order valence-corrected chi connectivity index (χ4v) is 3.22. The third-order valence-corrected chi connectivity index (χ3v) is 4.85. The topological polar surface area (TPSA) is 46.9 Å². The molecular weight excluding hydrogens is 443 g/mol. The number of anilines is 1. The first kappa shape index (κ1) is 23.3.